The van der Waals surface area contributed by atoms with Gasteiger partial charge >= 0.3 is 0 Å². The molecule has 0 radical (unpaired) electrons. The lowest BCUT2D eigenvalue weighted by Gasteiger charge is -2.11. The van der Waals surface area contributed by atoms with Gasteiger partial charge in [-0.15, -0.1) is 0 Å². The highest BCUT2D eigenvalue weighted by Gasteiger charge is 2.27. The Morgan fingerprint density at radius 1 is 1.03 bits per heavy atom. The summed E-state index contributed by atoms with van der Waals surface area (Å²) in [5.41, 5.74) is 7.49. The molecule has 3 N–H and O–H groups in total. The van der Waals surface area contributed by atoms with Crippen LogP contribution in [0.1, 0.15) is 34.3 Å². The molecule has 0 bridgehead atoms. The third-order valence-electron chi connectivity index (χ3n) is 4.74. The van der Waals surface area contributed by atoms with Crippen LogP contribution in [-0.4, -0.2) is 19.2 Å². The van der Waals surface area contributed by atoms with Crippen LogP contribution in [0.2, 0.25) is 0 Å². The van der Waals surface area contributed by atoms with Crippen LogP contribution in [0.5, 0.6) is 11.5 Å². The number of nitrogens with one attached hydrogen (secondary N) is 3. The summed E-state index contributed by atoms with van der Waals surface area (Å²) in [7, 11) is 1.62. The lowest BCUT2D eigenvalue weighted by atomic mass is 10.0. The Balaban J connectivity index is 1.28. The Labute approximate surface area is 169 Å². The molecule has 1 aliphatic rings. The van der Waals surface area contributed by atoms with E-state index in [4.69, 9.17) is 13.9 Å². The number of hydrazine groups is 1. The average Bonchev–Trinajstić information content (AvgIpc) is 3.43. The van der Waals surface area contributed by atoms with Crippen LogP contribution in [0.4, 0.5) is 0 Å². The maximum atomic E-state index is 12.5. The number of carbonyl (C=O) groups is 1. The van der Waals surface area contributed by atoms with E-state index in [1.807, 2.05) is 42.5 Å². The first-order chi connectivity index (χ1) is 14.2. The van der Waals surface area contributed by atoms with Gasteiger partial charge < -0.3 is 19.2 Å². The zero-order valence-corrected chi connectivity index (χ0v) is 16.1. The van der Waals surface area contributed by atoms with E-state index in [0.29, 0.717) is 11.5 Å². The van der Waals surface area contributed by atoms with Crippen molar-refractivity contribution in [3.8, 4) is 11.5 Å². The smallest absolute Gasteiger partial charge is 0.288 e. The molecular formula is C22H23N3O4. The summed E-state index contributed by atoms with van der Waals surface area (Å²) < 4.78 is 16.4. The number of rotatable bonds is 7. The summed E-state index contributed by atoms with van der Waals surface area (Å²) in [5.74, 6) is 2.02. The molecule has 7 nitrogen and oxygen atoms in total. The molecule has 1 amide bonds. The second kappa shape index (κ2) is 8.81. The van der Waals surface area contributed by atoms with Gasteiger partial charge in [0.25, 0.3) is 5.91 Å². The first kappa shape index (κ1) is 19.0. The van der Waals surface area contributed by atoms with Crippen LogP contribution in [0.15, 0.2) is 71.1 Å². The summed E-state index contributed by atoms with van der Waals surface area (Å²) in [4.78, 5) is 12.5. The number of hydrogen-bond acceptors (Lipinski definition) is 6. The van der Waals surface area contributed by atoms with Gasteiger partial charge in [-0.3, -0.25) is 4.79 Å². The van der Waals surface area contributed by atoms with E-state index in [9.17, 15) is 4.79 Å². The van der Waals surface area contributed by atoms with E-state index in [0.717, 1.165) is 12.2 Å². The molecule has 3 aromatic rings. The van der Waals surface area contributed by atoms with Crippen molar-refractivity contribution in [3.63, 3.8) is 0 Å². The van der Waals surface area contributed by atoms with Crippen molar-refractivity contribution in [1.29, 1.82) is 0 Å². The number of amides is 1. The Kier molecular flexibility index (Phi) is 5.79. The van der Waals surface area contributed by atoms with Crippen molar-refractivity contribution in [2.24, 2.45) is 0 Å². The van der Waals surface area contributed by atoms with Crippen LogP contribution >= 0.6 is 0 Å². The Hall–Kier alpha value is -3.29. The van der Waals surface area contributed by atoms with E-state index in [-0.39, 0.29) is 30.5 Å². The van der Waals surface area contributed by atoms with Crippen molar-refractivity contribution >= 4 is 5.91 Å². The zero-order chi connectivity index (χ0) is 20.1. The van der Waals surface area contributed by atoms with E-state index >= 15 is 0 Å². The molecule has 2 unspecified atom stereocenters. The van der Waals surface area contributed by atoms with Gasteiger partial charge in [0.05, 0.1) is 13.3 Å². The van der Waals surface area contributed by atoms with E-state index in [1.165, 1.54) is 5.56 Å². The number of ether oxygens (including phenoxy) is 2. The highest BCUT2D eigenvalue weighted by atomic mass is 16.5. The SMILES string of the molecule is COc1ccc(OCc2ccc(C(=O)NC3CC(c4ccccc4)NN3)o2)cc1. The summed E-state index contributed by atoms with van der Waals surface area (Å²) in [5, 5.41) is 2.93. The van der Waals surface area contributed by atoms with E-state index in [1.54, 1.807) is 19.2 Å². The molecule has 0 spiro atoms. The minimum Gasteiger partial charge on any atom is -0.497 e. The molecule has 4 rings (SSSR count). The summed E-state index contributed by atoms with van der Waals surface area (Å²) >= 11 is 0. The number of furan rings is 1. The quantitative estimate of drug-likeness (QED) is 0.572. The Morgan fingerprint density at radius 3 is 2.55 bits per heavy atom. The van der Waals surface area contributed by atoms with Gasteiger partial charge in [-0.1, -0.05) is 30.3 Å². The lowest BCUT2D eigenvalue weighted by molar-refractivity contribution is 0.0900. The maximum Gasteiger partial charge on any atom is 0.288 e. The van der Waals surface area contributed by atoms with Crippen LogP contribution in [0, 0.1) is 0 Å². The van der Waals surface area contributed by atoms with Gasteiger partial charge in [0.2, 0.25) is 0 Å². The molecule has 1 aliphatic heterocycles. The van der Waals surface area contributed by atoms with Gasteiger partial charge in [-0.05, 0) is 42.0 Å². The van der Waals surface area contributed by atoms with Crippen LogP contribution in [0.25, 0.3) is 0 Å². The molecule has 1 saturated heterocycles. The molecule has 1 aromatic heterocycles. The molecule has 29 heavy (non-hydrogen) atoms. The topological polar surface area (TPSA) is 84.8 Å². The van der Waals surface area contributed by atoms with Crippen LogP contribution in [-0.2, 0) is 6.61 Å². The van der Waals surface area contributed by atoms with Crippen LogP contribution in [0.3, 0.4) is 0 Å². The second-order valence-corrected chi connectivity index (χ2v) is 6.74. The fourth-order valence-electron chi connectivity index (χ4n) is 3.19. The molecule has 2 aromatic carbocycles. The van der Waals surface area contributed by atoms with E-state index in [2.05, 4.69) is 28.3 Å². The van der Waals surface area contributed by atoms with Crippen molar-refractivity contribution in [1.82, 2.24) is 16.2 Å². The zero-order valence-electron chi connectivity index (χ0n) is 16.1. The predicted octanol–water partition coefficient (Wildman–Crippen LogP) is 3.16. The number of methoxy groups -OCH3 is 1. The largest absolute Gasteiger partial charge is 0.497 e. The van der Waals surface area contributed by atoms with Gasteiger partial charge in [0, 0.05) is 12.5 Å². The minimum atomic E-state index is -0.270. The monoisotopic (exact) mass is 393 g/mol. The molecule has 2 heterocycles. The third kappa shape index (κ3) is 4.77. The fraction of sp³-hybridized carbons (Fsp3) is 0.227. The summed E-state index contributed by atoms with van der Waals surface area (Å²) in [6.45, 7) is 0.235. The highest BCUT2D eigenvalue weighted by molar-refractivity contribution is 5.91. The normalized spacial score (nSPS) is 18.4. The number of carbonyl (C=O) groups excluding carboxylic acids is 1. The first-order valence-electron chi connectivity index (χ1n) is 9.44. The molecule has 0 saturated carbocycles. The minimum absolute atomic E-state index is 0.145. The van der Waals surface area contributed by atoms with Crippen molar-refractivity contribution in [2.45, 2.75) is 25.2 Å². The van der Waals surface area contributed by atoms with Crippen molar-refractivity contribution in [2.75, 3.05) is 7.11 Å². The summed E-state index contributed by atoms with van der Waals surface area (Å²) in [6.07, 6.45) is 0.556. The fourth-order valence-corrected chi connectivity index (χ4v) is 3.19. The van der Waals surface area contributed by atoms with Gasteiger partial charge in [-0.2, -0.15) is 0 Å². The standard InChI is InChI=1S/C22H23N3O4/c1-27-16-7-9-17(10-8-16)28-14-18-11-12-20(29-18)22(26)23-21-13-19(24-25-21)15-5-3-2-4-6-15/h2-12,19,21,24-25H,13-14H2,1H3,(H,23,26). The molecular weight excluding hydrogens is 370 g/mol. The predicted molar refractivity (Wildman–Crippen MR) is 107 cm³/mol. The molecule has 2 atom stereocenters. The molecule has 0 aliphatic carbocycles. The molecule has 7 heteroatoms. The van der Waals surface area contributed by atoms with E-state index < -0.39 is 0 Å². The Bertz CT molecular complexity index is 940. The molecule has 1 fully saturated rings. The number of hydrogen-bond donors (Lipinski definition) is 3. The van der Waals surface area contributed by atoms with Gasteiger partial charge in [0.1, 0.15) is 23.9 Å². The number of benzene rings is 2. The van der Waals surface area contributed by atoms with Crippen molar-refractivity contribution in [3.05, 3.63) is 83.8 Å². The first-order valence-corrected chi connectivity index (χ1v) is 9.44. The van der Waals surface area contributed by atoms with Gasteiger partial charge in [0.15, 0.2) is 5.76 Å². The highest BCUT2D eigenvalue weighted by Crippen LogP contribution is 2.21. The van der Waals surface area contributed by atoms with Crippen LogP contribution < -0.4 is 25.6 Å². The third-order valence-corrected chi connectivity index (χ3v) is 4.74. The molecule has 150 valence electrons. The van der Waals surface area contributed by atoms with Gasteiger partial charge in [-0.25, -0.2) is 10.9 Å². The Morgan fingerprint density at radius 2 is 1.79 bits per heavy atom. The second-order valence-electron chi connectivity index (χ2n) is 6.74. The maximum absolute atomic E-state index is 12.5. The van der Waals surface area contributed by atoms with Crippen molar-refractivity contribution < 1.29 is 18.7 Å². The summed E-state index contributed by atoms with van der Waals surface area (Å²) in [6, 6.07) is 20.9. The average molecular weight is 393 g/mol. The lowest BCUT2D eigenvalue weighted by Crippen LogP contribution is -2.44.